The Labute approximate surface area is 105 Å². The second-order valence-corrected chi connectivity index (χ2v) is 3.91. The molecule has 0 aliphatic rings. The molecule has 0 aliphatic heterocycles. The molecule has 0 saturated heterocycles. The highest BCUT2D eigenvalue weighted by Gasteiger charge is 2.73. The average molecular weight is 287 g/mol. The minimum atomic E-state index is -6.33. The molecule has 1 rings (SSSR count). The highest BCUT2D eigenvalue weighted by Crippen LogP contribution is 2.52. The van der Waals surface area contributed by atoms with Crippen molar-refractivity contribution >= 4 is 0 Å². The summed E-state index contributed by atoms with van der Waals surface area (Å²) in [6.07, 6.45) is -6.33. The molecule has 7 heteroatoms. The summed E-state index contributed by atoms with van der Waals surface area (Å²) in [7, 11) is 0. The number of hydrogen-bond acceptors (Lipinski definition) is 0. The molecule has 0 aliphatic carbocycles. The summed E-state index contributed by atoms with van der Waals surface area (Å²) >= 11 is 0. The van der Waals surface area contributed by atoms with Gasteiger partial charge in [0.1, 0.15) is 0 Å². The van der Waals surface area contributed by atoms with Crippen molar-refractivity contribution in [1.29, 1.82) is 0 Å². The van der Waals surface area contributed by atoms with Gasteiger partial charge in [-0.1, -0.05) is 31.2 Å². The molecular weight excluding hydrogens is 277 g/mol. The van der Waals surface area contributed by atoms with Gasteiger partial charge in [-0.25, -0.2) is 0 Å². The Morgan fingerprint density at radius 3 is 1.89 bits per heavy atom. The predicted molar refractivity (Wildman–Crippen MR) is 55.0 cm³/mol. The lowest BCUT2D eigenvalue weighted by molar-refractivity contribution is -0.359. The molecule has 0 heterocycles. The van der Waals surface area contributed by atoms with Gasteiger partial charge in [0.2, 0.25) is 0 Å². The Kier molecular flexibility index (Phi) is 4.17. The van der Waals surface area contributed by atoms with Gasteiger partial charge in [0.15, 0.2) is 0 Å². The molecule has 0 fully saturated rings. The molecule has 1 radical (unpaired) electrons. The van der Waals surface area contributed by atoms with E-state index in [1.807, 2.05) is 0 Å². The molecule has 0 spiro atoms. The summed E-state index contributed by atoms with van der Waals surface area (Å²) in [4.78, 5) is 0. The Hall–Kier alpha value is -1.27. The molecule has 0 bridgehead atoms. The van der Waals surface area contributed by atoms with E-state index in [-0.39, 0.29) is 18.4 Å². The highest BCUT2D eigenvalue weighted by molar-refractivity contribution is 5.33. The average Bonchev–Trinajstić information content (AvgIpc) is 2.28. The molecule has 19 heavy (non-hydrogen) atoms. The monoisotopic (exact) mass is 287 g/mol. The summed E-state index contributed by atoms with van der Waals surface area (Å²) in [6.45, 7) is 3.36. The molecule has 0 N–H and O–H groups in total. The molecule has 0 unspecified atom stereocenters. The van der Waals surface area contributed by atoms with Gasteiger partial charge in [-0.2, -0.15) is 30.7 Å². The van der Waals surface area contributed by atoms with Gasteiger partial charge in [0, 0.05) is 5.56 Å². The first-order valence-electron chi connectivity index (χ1n) is 5.25. The van der Waals surface area contributed by atoms with Crippen molar-refractivity contribution in [3.8, 4) is 0 Å². The van der Waals surface area contributed by atoms with Crippen molar-refractivity contribution in [3.05, 3.63) is 42.3 Å². The molecule has 0 atom stereocenters. The van der Waals surface area contributed by atoms with Gasteiger partial charge in [-0.05, 0) is 18.4 Å². The molecule has 0 aromatic heterocycles. The third-order valence-electron chi connectivity index (χ3n) is 2.55. The van der Waals surface area contributed by atoms with E-state index >= 15 is 0 Å². The zero-order valence-corrected chi connectivity index (χ0v) is 9.58. The number of aryl methyl sites for hydroxylation is 1. The van der Waals surface area contributed by atoms with Crippen LogP contribution in [0.1, 0.15) is 17.5 Å². The topological polar surface area (TPSA) is 0 Å². The summed E-state index contributed by atoms with van der Waals surface area (Å²) in [5.74, 6) is -11.5. The zero-order chi connectivity index (χ0) is 14.9. The lowest BCUT2D eigenvalue weighted by Crippen LogP contribution is -2.50. The summed E-state index contributed by atoms with van der Waals surface area (Å²) in [5.41, 5.74) is -1.59. The minimum absolute atomic E-state index is 0.102. The van der Waals surface area contributed by atoms with Crippen LogP contribution in [0.25, 0.3) is 0 Å². The molecule has 0 nitrogen and oxygen atoms in total. The minimum Gasteiger partial charge on any atom is -0.194 e. The van der Waals surface area contributed by atoms with Crippen LogP contribution in [0.4, 0.5) is 30.7 Å². The number of hydrogen-bond donors (Lipinski definition) is 0. The standard InChI is InChI=1S/C12H10F7/c1-2-5-8-6-3-4-7-9(8)10(13,14)11(15,16)12(17,18)19/h3-4,6-7H,1-2,5H2. The van der Waals surface area contributed by atoms with Crippen LogP contribution in [0.5, 0.6) is 0 Å². The lowest BCUT2D eigenvalue weighted by Gasteiger charge is -2.29. The Morgan fingerprint density at radius 1 is 0.895 bits per heavy atom. The van der Waals surface area contributed by atoms with E-state index in [9.17, 15) is 30.7 Å². The maximum absolute atomic E-state index is 13.5. The van der Waals surface area contributed by atoms with E-state index < -0.39 is 23.6 Å². The van der Waals surface area contributed by atoms with Gasteiger partial charge in [-0.15, -0.1) is 0 Å². The van der Waals surface area contributed by atoms with Gasteiger partial charge in [0.05, 0.1) is 0 Å². The van der Waals surface area contributed by atoms with E-state index in [1.165, 1.54) is 6.07 Å². The van der Waals surface area contributed by atoms with Crippen molar-refractivity contribution in [1.82, 2.24) is 0 Å². The van der Waals surface area contributed by atoms with E-state index in [1.54, 1.807) is 0 Å². The maximum Gasteiger partial charge on any atom is 0.460 e. The van der Waals surface area contributed by atoms with Crippen molar-refractivity contribution in [3.63, 3.8) is 0 Å². The van der Waals surface area contributed by atoms with E-state index in [4.69, 9.17) is 0 Å². The van der Waals surface area contributed by atoms with Crippen LogP contribution in [0.3, 0.4) is 0 Å². The van der Waals surface area contributed by atoms with Crippen molar-refractivity contribution in [2.45, 2.75) is 30.9 Å². The van der Waals surface area contributed by atoms with Crippen molar-refractivity contribution in [2.24, 2.45) is 0 Å². The summed E-state index contributed by atoms with van der Waals surface area (Å²) in [5, 5.41) is 0. The molecule has 0 amide bonds. The van der Waals surface area contributed by atoms with Crippen LogP contribution in [0, 0.1) is 6.92 Å². The van der Waals surface area contributed by atoms with Gasteiger partial charge >= 0.3 is 18.0 Å². The second-order valence-electron chi connectivity index (χ2n) is 3.91. The number of alkyl halides is 7. The first-order chi connectivity index (χ1) is 8.55. The largest absolute Gasteiger partial charge is 0.460 e. The fourth-order valence-electron chi connectivity index (χ4n) is 1.58. The smallest absolute Gasteiger partial charge is 0.194 e. The number of rotatable bonds is 4. The Bertz CT molecular complexity index is 434. The van der Waals surface area contributed by atoms with Crippen LogP contribution in [0.15, 0.2) is 24.3 Å². The Balaban J connectivity index is 3.35. The lowest BCUT2D eigenvalue weighted by atomic mass is 9.94. The van der Waals surface area contributed by atoms with Crippen LogP contribution >= 0.6 is 0 Å². The quantitative estimate of drug-likeness (QED) is 0.701. The fourth-order valence-corrected chi connectivity index (χ4v) is 1.58. The third kappa shape index (κ3) is 2.69. The van der Waals surface area contributed by atoms with E-state index in [2.05, 4.69) is 6.92 Å². The normalized spacial score (nSPS) is 13.7. The Morgan fingerprint density at radius 2 is 1.42 bits per heavy atom. The van der Waals surface area contributed by atoms with E-state index in [0.717, 1.165) is 12.1 Å². The maximum atomic E-state index is 13.5. The zero-order valence-electron chi connectivity index (χ0n) is 9.58. The molecule has 107 valence electrons. The van der Waals surface area contributed by atoms with Crippen LogP contribution in [-0.2, 0) is 12.3 Å². The SMILES string of the molecule is [CH2]CCc1ccccc1C(F)(F)C(F)(F)C(F)(F)F. The third-order valence-corrected chi connectivity index (χ3v) is 2.55. The van der Waals surface area contributed by atoms with Crippen LogP contribution in [0.2, 0.25) is 0 Å². The molecular formula is C12H10F7. The first kappa shape index (κ1) is 15.8. The van der Waals surface area contributed by atoms with Crippen molar-refractivity contribution in [2.75, 3.05) is 0 Å². The number of benzene rings is 1. The van der Waals surface area contributed by atoms with Gasteiger partial charge < -0.3 is 0 Å². The molecule has 0 saturated carbocycles. The second kappa shape index (κ2) is 5.02. The fraction of sp³-hybridized carbons (Fsp3) is 0.417. The van der Waals surface area contributed by atoms with Crippen LogP contribution in [-0.4, -0.2) is 12.1 Å². The van der Waals surface area contributed by atoms with Gasteiger partial charge in [-0.3, -0.25) is 0 Å². The summed E-state index contributed by atoms with van der Waals surface area (Å²) in [6, 6.07) is 3.93. The van der Waals surface area contributed by atoms with Crippen molar-refractivity contribution < 1.29 is 30.7 Å². The molecule has 1 aromatic rings. The first-order valence-corrected chi connectivity index (χ1v) is 5.25. The highest BCUT2D eigenvalue weighted by atomic mass is 19.4. The van der Waals surface area contributed by atoms with Crippen LogP contribution < -0.4 is 0 Å². The predicted octanol–water partition coefficient (Wildman–Crippen LogP) is 4.74. The van der Waals surface area contributed by atoms with E-state index in [0.29, 0.717) is 6.07 Å². The molecule has 1 aromatic carbocycles. The summed E-state index contributed by atoms with van der Waals surface area (Å²) < 4.78 is 89.2. The number of halogens is 7. The van der Waals surface area contributed by atoms with Gasteiger partial charge in [0.25, 0.3) is 0 Å².